The monoisotopic (exact) mass is 474 g/mol. The summed E-state index contributed by atoms with van der Waals surface area (Å²) in [7, 11) is -3.67. The lowest BCUT2D eigenvalue weighted by Gasteiger charge is -2.22. The molecule has 5 rings (SSSR count). The molecule has 0 radical (unpaired) electrons. The van der Waals surface area contributed by atoms with Crippen molar-refractivity contribution >= 4 is 26.7 Å². The van der Waals surface area contributed by atoms with E-state index in [0.717, 1.165) is 0 Å². The predicted octanol–water partition coefficient (Wildman–Crippen LogP) is 2.19. The van der Waals surface area contributed by atoms with Crippen LogP contribution in [0, 0.1) is 12.7 Å². The van der Waals surface area contributed by atoms with Gasteiger partial charge in [0.2, 0.25) is 0 Å². The van der Waals surface area contributed by atoms with E-state index in [0.29, 0.717) is 44.6 Å². The largest absolute Gasteiger partial charge is 0.460 e. The van der Waals surface area contributed by atoms with E-state index in [4.69, 9.17) is 4.74 Å². The Morgan fingerprint density at radius 1 is 1.27 bits per heavy atom. The molecule has 2 aromatic heterocycles. The minimum Gasteiger partial charge on any atom is -0.460 e. The lowest BCUT2D eigenvalue weighted by molar-refractivity contribution is -0.147. The third-order valence-corrected chi connectivity index (χ3v) is 7.96. The van der Waals surface area contributed by atoms with Gasteiger partial charge in [0.1, 0.15) is 12.4 Å². The zero-order valence-corrected chi connectivity index (χ0v) is 18.8. The molecule has 1 aromatic carbocycles. The first-order valence-corrected chi connectivity index (χ1v) is 12.3. The number of hydrogen-bond donors (Lipinski definition) is 1. The molecule has 0 saturated carbocycles. The van der Waals surface area contributed by atoms with Gasteiger partial charge in [-0.1, -0.05) is 0 Å². The highest BCUT2D eigenvalue weighted by Crippen LogP contribution is 2.39. The second kappa shape index (κ2) is 7.46. The number of nitrogens with zero attached hydrogens (tertiary/aromatic N) is 2. The molecule has 3 aromatic rings. The number of carbonyl (C=O) groups excluding carboxylic acids is 1. The topological polar surface area (TPSA) is 116 Å². The van der Waals surface area contributed by atoms with Crippen LogP contribution in [0.25, 0.3) is 22.3 Å². The van der Waals surface area contributed by atoms with E-state index in [2.05, 4.69) is 4.98 Å². The molecule has 4 heterocycles. The van der Waals surface area contributed by atoms with Gasteiger partial charge in [-0.15, -0.1) is 0 Å². The lowest BCUT2D eigenvalue weighted by atomic mass is 9.94. The summed E-state index contributed by atoms with van der Waals surface area (Å²) in [6.45, 7) is 2.71. The first-order chi connectivity index (χ1) is 15.6. The van der Waals surface area contributed by atoms with Crippen molar-refractivity contribution < 1.29 is 28.9 Å². The van der Waals surface area contributed by atoms with E-state index in [1.54, 1.807) is 26.0 Å². The average Bonchev–Trinajstić information content (AvgIpc) is 3.11. The van der Waals surface area contributed by atoms with Crippen LogP contribution in [-0.2, 0) is 38.3 Å². The summed E-state index contributed by atoms with van der Waals surface area (Å²) in [5.41, 5.74) is 3.10. The van der Waals surface area contributed by atoms with E-state index in [9.17, 15) is 27.5 Å². The quantitative estimate of drug-likeness (QED) is 0.451. The number of benzene rings is 1. The number of rotatable bonds is 4. The number of esters is 1. The van der Waals surface area contributed by atoms with Crippen LogP contribution in [0.2, 0.25) is 0 Å². The number of aryl methyl sites for hydroxylation is 1. The molecule has 2 aliphatic rings. The fourth-order valence-corrected chi connectivity index (χ4v) is 5.81. The molecule has 1 atom stereocenters. The Labute approximate surface area is 190 Å². The molecule has 8 nitrogen and oxygen atoms in total. The fraction of sp³-hybridized carbons (Fsp3) is 0.348. The molecule has 0 amide bonds. The summed E-state index contributed by atoms with van der Waals surface area (Å²) < 4.78 is 46.3. The highest BCUT2D eigenvalue weighted by Gasteiger charge is 2.34. The summed E-state index contributed by atoms with van der Waals surface area (Å²) in [6.07, 6.45) is 0. The molecule has 0 saturated heterocycles. The van der Waals surface area contributed by atoms with Gasteiger partial charge in [0.15, 0.2) is 9.84 Å². The van der Waals surface area contributed by atoms with Crippen molar-refractivity contribution in [2.45, 2.75) is 38.7 Å². The predicted molar refractivity (Wildman–Crippen MR) is 120 cm³/mol. The molecule has 2 aliphatic heterocycles. The second-order valence-corrected chi connectivity index (χ2v) is 10.7. The Morgan fingerprint density at radius 3 is 2.76 bits per heavy atom. The van der Waals surface area contributed by atoms with Crippen molar-refractivity contribution in [3.63, 3.8) is 0 Å². The van der Waals surface area contributed by atoms with Crippen molar-refractivity contribution in [3.05, 3.63) is 62.2 Å². The van der Waals surface area contributed by atoms with Gasteiger partial charge in [-0.2, -0.15) is 0 Å². The number of ether oxygens (including phenoxy) is 1. The maximum Gasteiger partial charge on any atom is 0.313 e. The molecule has 1 N–H and O–H groups in total. The van der Waals surface area contributed by atoms with Crippen molar-refractivity contribution in [2.75, 3.05) is 12.4 Å². The maximum absolute atomic E-state index is 14.4. The molecule has 1 unspecified atom stereocenters. The normalized spacial score (nSPS) is 17.0. The molecular weight excluding hydrogens is 451 g/mol. The van der Waals surface area contributed by atoms with E-state index in [-0.39, 0.29) is 31.4 Å². The number of aromatic nitrogens is 2. The first kappa shape index (κ1) is 21.7. The number of sulfone groups is 1. The number of aliphatic hydroxyl groups excluding tert-OH is 1. The van der Waals surface area contributed by atoms with Crippen LogP contribution in [0.1, 0.15) is 42.1 Å². The summed E-state index contributed by atoms with van der Waals surface area (Å²) >= 11 is 0. The van der Waals surface area contributed by atoms with Gasteiger partial charge < -0.3 is 14.4 Å². The van der Waals surface area contributed by atoms with Gasteiger partial charge in [0.05, 0.1) is 53.0 Å². The second-order valence-electron chi connectivity index (χ2n) is 8.54. The highest BCUT2D eigenvalue weighted by atomic mass is 32.2. The number of hydrogen-bond acceptors (Lipinski definition) is 7. The summed E-state index contributed by atoms with van der Waals surface area (Å²) in [4.78, 5) is 29.9. The van der Waals surface area contributed by atoms with Crippen molar-refractivity contribution in [1.82, 2.24) is 9.55 Å². The lowest BCUT2D eigenvalue weighted by Crippen LogP contribution is -2.31. The molecule has 0 bridgehead atoms. The van der Waals surface area contributed by atoms with Crippen LogP contribution in [0.15, 0.2) is 23.0 Å². The molecule has 0 spiro atoms. The van der Waals surface area contributed by atoms with Gasteiger partial charge in [-0.3, -0.25) is 9.59 Å². The summed E-state index contributed by atoms with van der Waals surface area (Å²) in [5.74, 6) is -2.31. The van der Waals surface area contributed by atoms with Gasteiger partial charge >= 0.3 is 5.97 Å². The van der Waals surface area contributed by atoms with E-state index in [1.807, 2.05) is 0 Å². The number of pyridine rings is 2. The average molecular weight is 475 g/mol. The summed E-state index contributed by atoms with van der Waals surface area (Å²) in [5, 5.41) is 9.68. The Morgan fingerprint density at radius 2 is 2.03 bits per heavy atom. The number of halogens is 1. The fourth-order valence-electron chi connectivity index (χ4n) is 4.62. The van der Waals surface area contributed by atoms with E-state index >= 15 is 0 Å². The SMILES string of the molecule is Cc1cc2c(CS(=O)(=O)CCO)c3c(nc2cc1F)-c1cc2c(c(=O)n1C3)COC(=O)C2C.[HH]. The van der Waals surface area contributed by atoms with Crippen LogP contribution < -0.4 is 5.56 Å². The Kier molecular flexibility index (Phi) is 4.91. The number of carbonyl (C=O) groups is 1. The minimum absolute atomic E-state index is 0. The van der Waals surface area contributed by atoms with Crippen LogP contribution in [0.3, 0.4) is 0 Å². The number of fused-ring (bicyclic) bond motifs is 5. The smallest absolute Gasteiger partial charge is 0.313 e. The van der Waals surface area contributed by atoms with Crippen LogP contribution in [0.5, 0.6) is 0 Å². The zero-order chi connectivity index (χ0) is 23.7. The van der Waals surface area contributed by atoms with Crippen molar-refractivity contribution in [3.8, 4) is 11.4 Å². The van der Waals surface area contributed by atoms with Crippen LogP contribution in [0.4, 0.5) is 4.39 Å². The van der Waals surface area contributed by atoms with Crippen molar-refractivity contribution in [1.29, 1.82) is 0 Å². The number of aliphatic hydroxyl groups is 1. The van der Waals surface area contributed by atoms with E-state index in [1.165, 1.54) is 10.6 Å². The van der Waals surface area contributed by atoms with Crippen LogP contribution in [-0.4, -0.2) is 41.4 Å². The Balaban J connectivity index is 0.00000274. The minimum atomic E-state index is -3.67. The number of cyclic esters (lactones) is 1. The standard InChI is InChI=1S/C23H21FN2O6S.H2/c1-11-5-14-17(10-33(30,31)4-3-27)15-8-26-20(21(15)25-19(14)7-18(11)24)6-13-12(2)23(29)32-9-16(13)22(26)28;/h5-7,12,27H,3-4,8-10H2,1-2H3;1H. The third-order valence-electron chi connectivity index (χ3n) is 6.42. The molecule has 0 aliphatic carbocycles. The molecule has 10 heteroatoms. The van der Waals surface area contributed by atoms with Gasteiger partial charge in [-0.05, 0) is 42.7 Å². The zero-order valence-electron chi connectivity index (χ0n) is 18.0. The molecule has 0 fully saturated rings. The molecular formula is C23H23FN2O6S. The molecule has 33 heavy (non-hydrogen) atoms. The maximum atomic E-state index is 14.4. The van der Waals surface area contributed by atoms with Gasteiger partial charge in [0, 0.05) is 18.4 Å². The Bertz CT molecular complexity index is 1530. The summed E-state index contributed by atoms with van der Waals surface area (Å²) in [6, 6.07) is 4.54. The van der Waals surface area contributed by atoms with E-state index < -0.39 is 39.9 Å². The van der Waals surface area contributed by atoms with Gasteiger partial charge in [-0.25, -0.2) is 17.8 Å². The van der Waals surface area contributed by atoms with Crippen LogP contribution >= 0.6 is 0 Å². The molecule has 174 valence electrons. The van der Waals surface area contributed by atoms with Crippen molar-refractivity contribution in [2.24, 2.45) is 0 Å². The van der Waals surface area contributed by atoms with Gasteiger partial charge in [0.25, 0.3) is 5.56 Å². The first-order valence-electron chi connectivity index (χ1n) is 10.5. The highest BCUT2D eigenvalue weighted by molar-refractivity contribution is 7.90. The Hall–Kier alpha value is -3.11. The third kappa shape index (κ3) is 3.36.